The van der Waals surface area contributed by atoms with Crippen molar-refractivity contribution >= 4 is 23.6 Å². The molecule has 26 heavy (non-hydrogen) atoms. The molecule has 1 aromatic rings. The summed E-state index contributed by atoms with van der Waals surface area (Å²) in [4.78, 5) is 38.1. The second-order valence-corrected chi connectivity index (χ2v) is 7.46. The van der Waals surface area contributed by atoms with E-state index in [0.29, 0.717) is 18.7 Å². The molecule has 0 aromatic heterocycles. The predicted molar refractivity (Wildman–Crippen MR) is 98.8 cm³/mol. The number of hydrogen-bond donors (Lipinski definition) is 2. The van der Waals surface area contributed by atoms with Gasteiger partial charge in [-0.1, -0.05) is 17.7 Å². The Morgan fingerprint density at radius 1 is 1.19 bits per heavy atom. The van der Waals surface area contributed by atoms with Gasteiger partial charge in [0.15, 0.2) is 0 Å². The number of hydrogen-bond acceptors (Lipinski definition) is 4. The molecule has 1 saturated heterocycles. The molecule has 1 atom stereocenters. The van der Waals surface area contributed by atoms with E-state index in [2.05, 4.69) is 10.6 Å². The number of carbonyl (C=O) groups excluding carboxylic acids is 3. The van der Waals surface area contributed by atoms with Gasteiger partial charge in [-0.25, -0.2) is 4.79 Å². The van der Waals surface area contributed by atoms with Crippen molar-refractivity contribution in [2.75, 3.05) is 18.4 Å². The van der Waals surface area contributed by atoms with Crippen LogP contribution in [-0.2, 0) is 14.3 Å². The fourth-order valence-corrected chi connectivity index (χ4v) is 2.76. The number of nitrogens with zero attached hydrogens (tertiary/aromatic N) is 1. The predicted octanol–water partition coefficient (Wildman–Crippen LogP) is 2.45. The normalized spacial score (nSPS) is 16.9. The molecule has 1 aromatic carbocycles. The lowest BCUT2D eigenvalue weighted by atomic mass is 10.2. The van der Waals surface area contributed by atoms with E-state index in [1.165, 1.54) is 4.90 Å². The molecule has 142 valence electrons. The van der Waals surface area contributed by atoms with Crippen LogP contribution in [-0.4, -0.2) is 47.5 Å². The number of amides is 3. The summed E-state index contributed by atoms with van der Waals surface area (Å²) in [6, 6.07) is 6.97. The van der Waals surface area contributed by atoms with Crippen molar-refractivity contribution in [3.05, 3.63) is 29.8 Å². The molecule has 1 fully saturated rings. The standard InChI is InChI=1S/C19H27N3O4/c1-13-7-9-14(10-8-13)21-17(24)15-6-5-11-22(15)16(23)12-20-18(25)26-19(2,3)4/h7-10,15H,5-6,11-12H2,1-4H3,(H,20,25)(H,21,24). The maximum atomic E-state index is 12.5. The first-order chi connectivity index (χ1) is 12.2. The largest absolute Gasteiger partial charge is 0.444 e. The highest BCUT2D eigenvalue weighted by molar-refractivity contribution is 5.98. The summed E-state index contributed by atoms with van der Waals surface area (Å²) >= 11 is 0. The van der Waals surface area contributed by atoms with Gasteiger partial charge in [0.2, 0.25) is 11.8 Å². The Labute approximate surface area is 154 Å². The highest BCUT2D eigenvalue weighted by atomic mass is 16.6. The number of aryl methyl sites for hydroxylation is 1. The van der Waals surface area contributed by atoms with Crippen molar-refractivity contribution in [1.29, 1.82) is 0 Å². The number of alkyl carbamates (subject to hydrolysis) is 1. The van der Waals surface area contributed by atoms with Gasteiger partial charge < -0.3 is 20.3 Å². The Morgan fingerprint density at radius 2 is 1.85 bits per heavy atom. The van der Waals surface area contributed by atoms with Crippen LogP contribution in [0.4, 0.5) is 10.5 Å². The average molecular weight is 361 g/mol. The van der Waals surface area contributed by atoms with Crippen LogP contribution < -0.4 is 10.6 Å². The minimum Gasteiger partial charge on any atom is -0.444 e. The average Bonchev–Trinajstić information content (AvgIpc) is 3.03. The molecule has 0 spiro atoms. The lowest BCUT2D eigenvalue weighted by Crippen LogP contribution is -2.47. The van der Waals surface area contributed by atoms with Crippen molar-refractivity contribution in [2.45, 2.75) is 52.2 Å². The number of ether oxygens (including phenoxy) is 1. The van der Waals surface area contributed by atoms with E-state index >= 15 is 0 Å². The minimum absolute atomic E-state index is 0.191. The topological polar surface area (TPSA) is 87.7 Å². The second kappa shape index (κ2) is 8.21. The van der Waals surface area contributed by atoms with Gasteiger partial charge in [-0.3, -0.25) is 9.59 Å². The maximum absolute atomic E-state index is 12.5. The highest BCUT2D eigenvalue weighted by Gasteiger charge is 2.34. The Balaban J connectivity index is 1.89. The maximum Gasteiger partial charge on any atom is 0.408 e. The third-order valence-electron chi connectivity index (χ3n) is 3.98. The van der Waals surface area contributed by atoms with Gasteiger partial charge in [-0.2, -0.15) is 0 Å². The van der Waals surface area contributed by atoms with Gasteiger partial charge in [-0.05, 0) is 52.7 Å². The van der Waals surface area contributed by atoms with Crippen molar-refractivity contribution in [1.82, 2.24) is 10.2 Å². The zero-order valence-electron chi connectivity index (χ0n) is 15.8. The molecule has 0 bridgehead atoms. The Hall–Kier alpha value is -2.57. The molecule has 1 heterocycles. The van der Waals surface area contributed by atoms with E-state index in [-0.39, 0.29) is 18.4 Å². The van der Waals surface area contributed by atoms with Gasteiger partial charge in [0.05, 0.1) is 0 Å². The van der Waals surface area contributed by atoms with E-state index in [9.17, 15) is 14.4 Å². The molecule has 1 aliphatic heterocycles. The van der Waals surface area contributed by atoms with E-state index in [0.717, 1.165) is 12.0 Å². The fourth-order valence-electron chi connectivity index (χ4n) is 2.76. The highest BCUT2D eigenvalue weighted by Crippen LogP contribution is 2.19. The van der Waals surface area contributed by atoms with Crippen molar-refractivity contribution < 1.29 is 19.1 Å². The molecule has 1 unspecified atom stereocenters. The molecule has 3 amide bonds. The van der Waals surface area contributed by atoms with Crippen molar-refractivity contribution in [3.8, 4) is 0 Å². The molecule has 7 nitrogen and oxygen atoms in total. The molecule has 7 heteroatoms. The molecule has 2 N–H and O–H groups in total. The van der Waals surface area contributed by atoms with Gasteiger partial charge in [-0.15, -0.1) is 0 Å². The summed E-state index contributed by atoms with van der Waals surface area (Å²) in [6.45, 7) is 7.53. The van der Waals surface area contributed by atoms with Gasteiger partial charge in [0, 0.05) is 12.2 Å². The van der Waals surface area contributed by atoms with Crippen LogP contribution in [0.1, 0.15) is 39.2 Å². The van der Waals surface area contributed by atoms with Crippen LogP contribution in [0.5, 0.6) is 0 Å². The zero-order chi connectivity index (χ0) is 19.3. The SMILES string of the molecule is Cc1ccc(NC(=O)C2CCCN2C(=O)CNC(=O)OC(C)(C)C)cc1. The first kappa shape index (κ1) is 19.8. The third-order valence-corrected chi connectivity index (χ3v) is 3.98. The lowest BCUT2D eigenvalue weighted by molar-refractivity contribution is -0.135. The second-order valence-electron chi connectivity index (χ2n) is 7.46. The molecule has 1 aliphatic rings. The third kappa shape index (κ3) is 5.75. The number of benzene rings is 1. The number of carbonyl (C=O) groups is 3. The summed E-state index contributed by atoms with van der Waals surface area (Å²) in [5.74, 6) is -0.505. The summed E-state index contributed by atoms with van der Waals surface area (Å²) in [5, 5.41) is 5.29. The smallest absolute Gasteiger partial charge is 0.408 e. The first-order valence-corrected chi connectivity index (χ1v) is 8.79. The summed E-state index contributed by atoms with van der Waals surface area (Å²) in [5.41, 5.74) is 1.18. The molecule has 0 radical (unpaired) electrons. The monoisotopic (exact) mass is 361 g/mol. The van der Waals surface area contributed by atoms with E-state index in [1.54, 1.807) is 20.8 Å². The summed E-state index contributed by atoms with van der Waals surface area (Å²) in [6.07, 6.45) is 0.714. The first-order valence-electron chi connectivity index (χ1n) is 8.79. The summed E-state index contributed by atoms with van der Waals surface area (Å²) in [7, 11) is 0. The number of anilines is 1. The van der Waals surface area contributed by atoms with Gasteiger partial charge in [0.25, 0.3) is 0 Å². The Morgan fingerprint density at radius 3 is 2.46 bits per heavy atom. The minimum atomic E-state index is -0.647. The molecular weight excluding hydrogens is 334 g/mol. The number of likely N-dealkylation sites (tertiary alicyclic amines) is 1. The quantitative estimate of drug-likeness (QED) is 0.862. The van der Waals surface area contributed by atoms with Gasteiger partial charge in [0.1, 0.15) is 18.2 Å². The van der Waals surface area contributed by atoms with Crippen LogP contribution in [0.3, 0.4) is 0 Å². The Kier molecular flexibility index (Phi) is 6.23. The zero-order valence-corrected chi connectivity index (χ0v) is 15.8. The van der Waals surface area contributed by atoms with Crippen LogP contribution in [0.15, 0.2) is 24.3 Å². The van der Waals surface area contributed by atoms with Crippen molar-refractivity contribution in [2.24, 2.45) is 0 Å². The molecule has 0 aliphatic carbocycles. The van der Waals surface area contributed by atoms with Crippen LogP contribution in [0.25, 0.3) is 0 Å². The van der Waals surface area contributed by atoms with E-state index < -0.39 is 17.7 Å². The molecular formula is C19H27N3O4. The summed E-state index contributed by atoms with van der Waals surface area (Å²) < 4.78 is 5.11. The van der Waals surface area contributed by atoms with Gasteiger partial charge >= 0.3 is 6.09 Å². The van der Waals surface area contributed by atoms with Crippen LogP contribution in [0.2, 0.25) is 0 Å². The molecule has 2 rings (SSSR count). The number of rotatable bonds is 4. The van der Waals surface area contributed by atoms with Crippen molar-refractivity contribution in [3.63, 3.8) is 0 Å². The van der Waals surface area contributed by atoms with Crippen LogP contribution >= 0.6 is 0 Å². The number of nitrogens with one attached hydrogen (secondary N) is 2. The fraction of sp³-hybridized carbons (Fsp3) is 0.526. The van der Waals surface area contributed by atoms with E-state index in [1.807, 2.05) is 31.2 Å². The lowest BCUT2D eigenvalue weighted by Gasteiger charge is -2.25. The van der Waals surface area contributed by atoms with Crippen LogP contribution in [0, 0.1) is 6.92 Å². The Bertz CT molecular complexity index is 664. The molecule has 0 saturated carbocycles. The van der Waals surface area contributed by atoms with E-state index in [4.69, 9.17) is 4.74 Å².